The maximum Gasteiger partial charge on any atom is 0.251 e. The van der Waals surface area contributed by atoms with E-state index >= 15 is 0 Å². The van der Waals surface area contributed by atoms with E-state index in [1.165, 1.54) is 18.5 Å². The van der Waals surface area contributed by atoms with Crippen LogP contribution in [0.15, 0.2) is 36.4 Å². The molecule has 0 saturated carbocycles. The molecule has 0 unspecified atom stereocenters. The van der Waals surface area contributed by atoms with Gasteiger partial charge in [-0.15, -0.1) is 0 Å². The van der Waals surface area contributed by atoms with Crippen LogP contribution in [0.4, 0.5) is 5.69 Å². The Labute approximate surface area is 173 Å². The Balaban J connectivity index is 1.48. The summed E-state index contributed by atoms with van der Waals surface area (Å²) in [7, 11) is 0. The summed E-state index contributed by atoms with van der Waals surface area (Å²) in [4.78, 5) is 23.0. The van der Waals surface area contributed by atoms with Crippen LogP contribution in [0, 0.1) is 0 Å². The molecule has 30 heavy (non-hydrogen) atoms. The number of aromatic nitrogens is 4. The molecule has 2 aromatic heterocycles. The van der Waals surface area contributed by atoms with E-state index in [9.17, 15) is 4.79 Å². The summed E-state index contributed by atoms with van der Waals surface area (Å²) in [5.41, 5.74) is 10.8. The van der Waals surface area contributed by atoms with Gasteiger partial charge in [-0.1, -0.05) is 0 Å². The SMILES string of the molecule is NCCCNC(=O)c1ccc2[nH]nc(-c3nc4ccc(N5CCCC5)cc4[nH]3)c2c1. The quantitative estimate of drug-likeness (QED) is 0.370. The second-order valence-corrected chi connectivity index (χ2v) is 7.71. The van der Waals surface area contributed by atoms with Gasteiger partial charge in [-0.05, 0) is 62.2 Å². The van der Waals surface area contributed by atoms with E-state index in [0.29, 0.717) is 30.2 Å². The summed E-state index contributed by atoms with van der Waals surface area (Å²) in [6.07, 6.45) is 3.24. The maximum absolute atomic E-state index is 12.4. The molecule has 1 fully saturated rings. The summed E-state index contributed by atoms with van der Waals surface area (Å²) in [6.45, 7) is 3.32. The first-order chi connectivity index (χ1) is 14.7. The van der Waals surface area contributed by atoms with Crippen molar-refractivity contribution in [1.29, 1.82) is 0 Å². The van der Waals surface area contributed by atoms with Gasteiger partial charge in [-0.3, -0.25) is 9.89 Å². The fourth-order valence-electron chi connectivity index (χ4n) is 4.02. The molecular formula is C22H25N7O. The van der Waals surface area contributed by atoms with Gasteiger partial charge in [0.25, 0.3) is 5.91 Å². The second kappa shape index (κ2) is 7.79. The molecule has 0 aliphatic carbocycles. The van der Waals surface area contributed by atoms with Gasteiger partial charge in [0.1, 0.15) is 5.69 Å². The van der Waals surface area contributed by atoms with Crippen LogP contribution in [0.1, 0.15) is 29.6 Å². The fourth-order valence-corrected chi connectivity index (χ4v) is 4.02. The standard InChI is InChI=1S/C22H25N7O/c23-8-3-9-24-22(30)14-4-6-17-16(12-14)20(28-27-17)21-25-18-7-5-15(13-19(18)26-21)29-10-1-2-11-29/h4-7,12-13H,1-3,8-11,23H2,(H,24,30)(H,25,26)(H,27,28). The second-order valence-electron chi connectivity index (χ2n) is 7.71. The molecule has 0 bridgehead atoms. The molecule has 8 nitrogen and oxygen atoms in total. The van der Waals surface area contributed by atoms with Crippen LogP contribution in [-0.2, 0) is 0 Å². The molecule has 5 N–H and O–H groups in total. The third-order valence-corrected chi connectivity index (χ3v) is 5.65. The van der Waals surface area contributed by atoms with Gasteiger partial charge in [0.15, 0.2) is 5.82 Å². The number of anilines is 1. The van der Waals surface area contributed by atoms with Crippen molar-refractivity contribution < 1.29 is 4.79 Å². The monoisotopic (exact) mass is 403 g/mol. The highest BCUT2D eigenvalue weighted by Crippen LogP contribution is 2.29. The highest BCUT2D eigenvalue weighted by molar-refractivity contribution is 6.01. The molecule has 1 saturated heterocycles. The van der Waals surface area contributed by atoms with Crippen LogP contribution in [0.2, 0.25) is 0 Å². The van der Waals surface area contributed by atoms with Crippen molar-refractivity contribution in [2.24, 2.45) is 5.73 Å². The smallest absolute Gasteiger partial charge is 0.251 e. The van der Waals surface area contributed by atoms with Crippen LogP contribution in [-0.4, -0.2) is 52.3 Å². The first-order valence-electron chi connectivity index (χ1n) is 10.4. The lowest BCUT2D eigenvalue weighted by atomic mass is 10.1. The van der Waals surface area contributed by atoms with Crippen molar-refractivity contribution in [3.8, 4) is 11.5 Å². The number of imidazole rings is 1. The normalized spacial score (nSPS) is 14.1. The Hall–Kier alpha value is -3.39. The van der Waals surface area contributed by atoms with Crippen molar-refractivity contribution in [3.05, 3.63) is 42.0 Å². The molecule has 0 radical (unpaired) electrons. The van der Waals surface area contributed by atoms with Crippen LogP contribution < -0.4 is 16.0 Å². The zero-order chi connectivity index (χ0) is 20.5. The highest BCUT2D eigenvalue weighted by Gasteiger charge is 2.17. The first-order valence-corrected chi connectivity index (χ1v) is 10.4. The van der Waals surface area contributed by atoms with E-state index in [2.05, 4.69) is 37.5 Å². The number of carbonyl (C=O) groups excluding carboxylic acids is 1. The predicted molar refractivity (Wildman–Crippen MR) is 119 cm³/mol. The minimum atomic E-state index is -0.114. The van der Waals surface area contributed by atoms with E-state index < -0.39 is 0 Å². The van der Waals surface area contributed by atoms with Gasteiger partial charge in [0.05, 0.1) is 16.6 Å². The number of nitrogens with one attached hydrogen (secondary N) is 3. The Morgan fingerprint density at radius 2 is 2.00 bits per heavy atom. The third-order valence-electron chi connectivity index (χ3n) is 5.65. The zero-order valence-electron chi connectivity index (χ0n) is 16.7. The number of nitrogens with zero attached hydrogens (tertiary/aromatic N) is 3. The largest absolute Gasteiger partial charge is 0.371 e. The van der Waals surface area contributed by atoms with Crippen molar-refractivity contribution in [2.45, 2.75) is 19.3 Å². The average Bonchev–Trinajstić information content (AvgIpc) is 3.51. The summed E-state index contributed by atoms with van der Waals surface area (Å²) in [5.74, 6) is 0.577. The van der Waals surface area contributed by atoms with E-state index in [0.717, 1.165) is 41.4 Å². The van der Waals surface area contributed by atoms with Crippen LogP contribution in [0.5, 0.6) is 0 Å². The number of hydrogen-bond acceptors (Lipinski definition) is 5. The molecule has 5 rings (SSSR count). The van der Waals surface area contributed by atoms with Crippen LogP contribution >= 0.6 is 0 Å². The number of benzene rings is 2. The van der Waals surface area contributed by atoms with Crippen LogP contribution in [0.3, 0.4) is 0 Å². The Morgan fingerprint density at radius 1 is 1.13 bits per heavy atom. The van der Waals surface area contributed by atoms with E-state index in [1.807, 2.05) is 18.2 Å². The Bertz CT molecular complexity index is 1200. The number of hydrogen-bond donors (Lipinski definition) is 4. The average molecular weight is 403 g/mol. The van der Waals surface area contributed by atoms with Crippen molar-refractivity contribution >= 4 is 33.5 Å². The molecule has 8 heteroatoms. The molecule has 1 aliphatic heterocycles. The van der Waals surface area contributed by atoms with E-state index in [4.69, 9.17) is 10.7 Å². The minimum Gasteiger partial charge on any atom is -0.371 e. The zero-order valence-corrected chi connectivity index (χ0v) is 16.7. The van der Waals surface area contributed by atoms with Gasteiger partial charge in [-0.25, -0.2) is 4.98 Å². The number of fused-ring (bicyclic) bond motifs is 2. The number of carbonyl (C=O) groups is 1. The molecule has 154 valence electrons. The lowest BCUT2D eigenvalue weighted by Gasteiger charge is -2.17. The first kappa shape index (κ1) is 18.6. The van der Waals surface area contributed by atoms with Gasteiger partial charge in [0, 0.05) is 36.3 Å². The summed E-state index contributed by atoms with van der Waals surface area (Å²) in [5, 5.41) is 11.3. The molecule has 1 aliphatic rings. The third kappa shape index (κ3) is 3.39. The number of amides is 1. The highest BCUT2D eigenvalue weighted by atomic mass is 16.1. The lowest BCUT2D eigenvalue weighted by Crippen LogP contribution is -2.25. The van der Waals surface area contributed by atoms with Crippen molar-refractivity contribution in [3.63, 3.8) is 0 Å². The summed E-state index contributed by atoms with van der Waals surface area (Å²) in [6, 6.07) is 11.9. The summed E-state index contributed by atoms with van der Waals surface area (Å²) >= 11 is 0. The molecule has 4 aromatic rings. The predicted octanol–water partition coefficient (Wildman–Crippen LogP) is 2.79. The topological polar surface area (TPSA) is 116 Å². The van der Waals surface area contributed by atoms with Crippen LogP contribution in [0.25, 0.3) is 33.5 Å². The Morgan fingerprint density at radius 3 is 2.83 bits per heavy atom. The van der Waals surface area contributed by atoms with Gasteiger partial charge in [0.2, 0.25) is 0 Å². The minimum absolute atomic E-state index is 0.114. The molecular weight excluding hydrogens is 378 g/mol. The number of aromatic amines is 2. The summed E-state index contributed by atoms with van der Waals surface area (Å²) < 4.78 is 0. The Kier molecular flexibility index (Phi) is 4.84. The molecule has 3 heterocycles. The van der Waals surface area contributed by atoms with Gasteiger partial charge < -0.3 is 20.9 Å². The van der Waals surface area contributed by atoms with E-state index in [-0.39, 0.29) is 5.91 Å². The van der Waals surface area contributed by atoms with E-state index in [1.54, 1.807) is 6.07 Å². The van der Waals surface area contributed by atoms with Crippen molar-refractivity contribution in [2.75, 3.05) is 31.1 Å². The number of rotatable bonds is 6. The molecule has 0 atom stereocenters. The van der Waals surface area contributed by atoms with Crippen molar-refractivity contribution in [1.82, 2.24) is 25.5 Å². The van der Waals surface area contributed by atoms with Gasteiger partial charge >= 0.3 is 0 Å². The lowest BCUT2D eigenvalue weighted by molar-refractivity contribution is 0.0953. The molecule has 2 aromatic carbocycles. The number of nitrogens with two attached hydrogens (primary N) is 1. The molecule has 0 spiro atoms. The van der Waals surface area contributed by atoms with Gasteiger partial charge in [-0.2, -0.15) is 5.10 Å². The maximum atomic E-state index is 12.4. The fraction of sp³-hybridized carbons (Fsp3) is 0.318. The number of H-pyrrole nitrogens is 2. The molecule has 1 amide bonds.